The van der Waals surface area contributed by atoms with Crippen molar-refractivity contribution in [2.24, 2.45) is 0 Å². The molecule has 20 nitrogen and oxygen atoms in total. The third-order valence-electron chi connectivity index (χ3n) is 14.9. The van der Waals surface area contributed by atoms with Crippen molar-refractivity contribution in [2.45, 2.75) is 113 Å². The van der Waals surface area contributed by atoms with Gasteiger partial charge in [0.05, 0.1) is 22.4 Å². The van der Waals surface area contributed by atoms with Crippen LogP contribution in [0.2, 0.25) is 0 Å². The Morgan fingerprint density at radius 2 is 0.886 bits per heavy atom. The summed E-state index contributed by atoms with van der Waals surface area (Å²) in [5, 5.41) is 65.7. The van der Waals surface area contributed by atoms with E-state index in [2.05, 4.69) is 21.3 Å². The van der Waals surface area contributed by atoms with Gasteiger partial charge in [0.25, 0.3) is 0 Å². The number of anilines is 2. The number of rotatable bonds is 13. The molecule has 2 aromatic carbocycles. The molecule has 4 aromatic rings. The molecular weight excluding hydrogens is 907 g/mol. The predicted octanol–water partition coefficient (Wildman–Crippen LogP) is 4.32. The van der Waals surface area contributed by atoms with Gasteiger partial charge < -0.3 is 49.6 Å². The smallest absolute Gasteiger partial charge is 0.341 e. The lowest BCUT2D eigenvalue weighted by atomic mass is 10.1. The number of hydrogen-bond donors (Lipinski definition) is 10. The molecule has 10 rings (SSSR count). The fraction of sp³-hybridized carbons (Fsp3) is 0.500. The molecule has 2 saturated carbocycles. The first-order valence-electron chi connectivity index (χ1n) is 24.3. The van der Waals surface area contributed by atoms with Gasteiger partial charge in [0.1, 0.15) is 22.8 Å². The zero-order valence-corrected chi connectivity index (χ0v) is 38.6. The predicted molar refractivity (Wildman–Crippen MR) is 260 cm³/mol. The van der Waals surface area contributed by atoms with Gasteiger partial charge in [-0.25, -0.2) is 18.4 Å². The third-order valence-corrected chi connectivity index (χ3v) is 14.9. The summed E-state index contributed by atoms with van der Waals surface area (Å²) in [4.78, 5) is 57.3. The molecule has 4 aliphatic heterocycles. The number of unbranched alkanes of at least 4 members (excludes halogenated alkanes) is 3. The number of piperazine rings is 2. The van der Waals surface area contributed by atoms with Gasteiger partial charge in [-0.1, -0.05) is 12.8 Å². The van der Waals surface area contributed by atoms with Crippen molar-refractivity contribution in [2.75, 3.05) is 49.1 Å². The molecule has 0 spiro atoms. The number of nitrogens with zero attached hydrogens (tertiary/aromatic N) is 6. The summed E-state index contributed by atoms with van der Waals surface area (Å²) in [6.45, 7) is 2.84. The number of nitrogens with one attached hydrogen (secondary N) is 8. The molecule has 70 heavy (non-hydrogen) atoms. The monoisotopic (exact) mass is 964 g/mol. The van der Waals surface area contributed by atoms with Crippen molar-refractivity contribution in [3.05, 3.63) is 79.9 Å². The molecule has 2 aliphatic carbocycles. The summed E-state index contributed by atoms with van der Waals surface area (Å²) >= 11 is 0. The van der Waals surface area contributed by atoms with E-state index in [0.29, 0.717) is 61.7 Å². The molecule has 0 radical (unpaired) electrons. The van der Waals surface area contributed by atoms with Crippen molar-refractivity contribution in [1.82, 2.24) is 40.2 Å². The van der Waals surface area contributed by atoms with Crippen LogP contribution in [-0.2, 0) is 0 Å². The number of halogens is 2. The second-order valence-corrected chi connectivity index (χ2v) is 19.6. The Balaban J connectivity index is 0.632. The first-order valence-corrected chi connectivity index (χ1v) is 24.3. The van der Waals surface area contributed by atoms with E-state index in [1.165, 1.54) is 12.4 Å². The van der Waals surface area contributed by atoms with Crippen LogP contribution < -0.4 is 41.9 Å². The van der Waals surface area contributed by atoms with E-state index >= 15 is 8.78 Å². The first-order chi connectivity index (χ1) is 33.6. The van der Waals surface area contributed by atoms with Crippen molar-refractivity contribution < 1.29 is 28.6 Å². The second kappa shape index (κ2) is 18.6. The minimum absolute atomic E-state index is 0.0172. The number of pyridine rings is 2. The average Bonchev–Trinajstić information content (AvgIpc) is 4.26. The fourth-order valence-corrected chi connectivity index (χ4v) is 11.2. The fourth-order valence-electron chi connectivity index (χ4n) is 11.2. The molecule has 4 atom stereocenters. The van der Waals surface area contributed by atoms with E-state index in [0.717, 1.165) is 89.2 Å². The first kappa shape index (κ1) is 46.5. The maximum atomic E-state index is 15.7. The van der Waals surface area contributed by atoms with Crippen LogP contribution in [0.4, 0.5) is 20.2 Å². The molecule has 2 aromatic heterocycles. The number of carboxylic acids is 2. The van der Waals surface area contributed by atoms with Gasteiger partial charge in [-0.3, -0.25) is 41.9 Å². The van der Waals surface area contributed by atoms with Gasteiger partial charge in [0.15, 0.2) is 23.8 Å². The number of benzene rings is 2. The van der Waals surface area contributed by atoms with Crippen molar-refractivity contribution in [1.29, 1.82) is 21.6 Å². The van der Waals surface area contributed by atoms with E-state index in [1.807, 2.05) is 19.6 Å². The van der Waals surface area contributed by atoms with Gasteiger partial charge in [-0.15, -0.1) is 0 Å². The van der Waals surface area contributed by atoms with Gasteiger partial charge in [0.2, 0.25) is 10.9 Å². The van der Waals surface area contributed by atoms with Crippen LogP contribution in [0.25, 0.3) is 21.8 Å². The zero-order chi connectivity index (χ0) is 49.1. The average molecular weight is 965 g/mol. The summed E-state index contributed by atoms with van der Waals surface area (Å²) in [7, 11) is 0. The molecule has 6 fully saturated rings. The topological polar surface area (TPSA) is 275 Å². The second-order valence-electron chi connectivity index (χ2n) is 19.6. The summed E-state index contributed by atoms with van der Waals surface area (Å²) in [6, 6.07) is 5.42. The molecule has 22 heteroatoms. The molecule has 4 saturated heterocycles. The Labute approximate surface area is 400 Å². The maximum absolute atomic E-state index is 15.7. The SMILES string of the molecule is N=C(NCCCCCCNC(=N)NC(=N)N1C2CCC1CN(c1cc3c(cc1F)c(=O)c(C(=O)O)cn3C1CC1)C2)NC(=N)N1C2CCC1CN(c1cc3c(cc1F)c(=O)c(C(=O)O)cn3C1CC1)C2. The van der Waals surface area contributed by atoms with Crippen LogP contribution in [0.1, 0.15) is 110 Å². The highest BCUT2D eigenvalue weighted by Gasteiger charge is 2.44. The number of aromatic nitrogens is 2. The van der Waals surface area contributed by atoms with Crippen molar-refractivity contribution >= 4 is 69.0 Å². The number of hydrogen-bond acceptors (Lipinski definition) is 10. The van der Waals surface area contributed by atoms with Crippen LogP contribution in [0.15, 0.2) is 46.2 Å². The standard InChI is InChI=1S/C48H58F2N14O6/c49-35-15-31-37(61(25-5-6-25)23-33(41(31)65)43(67)68)17-39(35)59-19-27-9-10-28(20-59)63(27)47(53)57-45(51)55-13-3-1-2-4-14-56-46(52)58-48(54)64-29-11-12-30(64)22-60(21-29)40-18-38-32(16-36(40)50)42(66)34(44(69)70)24-62(38)26-7-8-26/h15-18,23-30H,1-14,19-22H2,(H,67,68)(H,69,70)(H4,51,53,55,57)(H4,52,54,56,58). The molecular formula is C48H58F2N14O6. The Kier molecular flexibility index (Phi) is 12.3. The highest BCUT2D eigenvalue weighted by Crippen LogP contribution is 2.41. The van der Waals surface area contributed by atoms with E-state index in [-0.39, 0.29) is 82.0 Å². The molecule has 370 valence electrons. The minimum atomic E-state index is -1.34. The molecule has 6 heterocycles. The van der Waals surface area contributed by atoms with E-state index in [9.17, 15) is 29.4 Å². The van der Waals surface area contributed by atoms with Crippen molar-refractivity contribution in [3.63, 3.8) is 0 Å². The summed E-state index contributed by atoms with van der Waals surface area (Å²) < 4.78 is 35.0. The Morgan fingerprint density at radius 3 is 1.21 bits per heavy atom. The Bertz CT molecular complexity index is 2750. The number of carbonyl (C=O) groups is 2. The lowest BCUT2D eigenvalue weighted by molar-refractivity contribution is 0.0684. The highest BCUT2D eigenvalue weighted by atomic mass is 19.1. The van der Waals surface area contributed by atoms with Crippen LogP contribution >= 0.6 is 0 Å². The Morgan fingerprint density at radius 1 is 0.543 bits per heavy atom. The molecule has 4 bridgehead atoms. The molecule has 0 amide bonds. The maximum Gasteiger partial charge on any atom is 0.341 e. The lowest BCUT2D eigenvalue weighted by Crippen LogP contribution is -2.60. The molecule has 6 aliphatic rings. The number of guanidine groups is 4. The minimum Gasteiger partial charge on any atom is -0.477 e. The zero-order valence-electron chi connectivity index (χ0n) is 38.6. The quantitative estimate of drug-likeness (QED) is 0.0508. The van der Waals surface area contributed by atoms with Gasteiger partial charge in [-0.2, -0.15) is 0 Å². The summed E-state index contributed by atoms with van der Waals surface area (Å²) in [6.07, 6.45) is 12.7. The number of fused-ring (bicyclic) bond motifs is 6. The van der Waals surface area contributed by atoms with Crippen molar-refractivity contribution in [3.8, 4) is 0 Å². The molecule has 10 N–H and O–H groups in total. The van der Waals surface area contributed by atoms with Crippen LogP contribution in [0, 0.1) is 33.3 Å². The lowest BCUT2D eigenvalue weighted by Gasteiger charge is -2.43. The largest absolute Gasteiger partial charge is 0.477 e. The number of aromatic carboxylic acids is 2. The molecule has 4 unspecified atom stereocenters. The van der Waals surface area contributed by atoms with Crippen LogP contribution in [0.3, 0.4) is 0 Å². The van der Waals surface area contributed by atoms with E-state index in [4.69, 9.17) is 21.6 Å². The Hall–Kier alpha value is -7.26. The van der Waals surface area contributed by atoms with Gasteiger partial charge in [-0.05, 0) is 88.5 Å². The normalized spacial score (nSPS) is 21.6. The van der Waals surface area contributed by atoms with E-state index in [1.54, 1.807) is 21.3 Å². The van der Waals surface area contributed by atoms with Crippen LogP contribution in [0.5, 0.6) is 0 Å². The summed E-state index contributed by atoms with van der Waals surface area (Å²) in [5.41, 5.74) is -0.413. The highest BCUT2D eigenvalue weighted by molar-refractivity contribution is 5.98. The van der Waals surface area contributed by atoms with Gasteiger partial charge in [0, 0.05) is 98.7 Å². The number of carboxylic acid groups (broad SMARTS) is 2. The summed E-state index contributed by atoms with van der Waals surface area (Å²) in [5.74, 6) is -3.60. The third kappa shape index (κ3) is 8.94. The van der Waals surface area contributed by atoms with Gasteiger partial charge >= 0.3 is 11.9 Å². The van der Waals surface area contributed by atoms with E-state index < -0.39 is 34.4 Å². The van der Waals surface area contributed by atoms with Crippen LogP contribution in [-0.4, -0.2) is 128 Å².